The largest absolute Gasteiger partial charge is 0.441 e. The predicted octanol–water partition coefficient (Wildman–Crippen LogP) is 6.10. The molecule has 33 heavy (non-hydrogen) atoms. The van der Waals surface area contributed by atoms with E-state index < -0.39 is 0 Å². The van der Waals surface area contributed by atoms with Crippen molar-refractivity contribution in [1.29, 1.82) is 0 Å². The number of hydrogen-bond acceptors (Lipinski definition) is 4. The molecule has 5 nitrogen and oxygen atoms in total. The van der Waals surface area contributed by atoms with Crippen molar-refractivity contribution in [2.75, 3.05) is 23.3 Å². The molecule has 0 radical (unpaired) electrons. The van der Waals surface area contributed by atoms with Crippen LogP contribution in [0.2, 0.25) is 0 Å². The molecular weight excluding hydrogens is 410 g/mol. The van der Waals surface area contributed by atoms with Gasteiger partial charge < -0.3 is 14.6 Å². The minimum atomic E-state index is -0.154. The molecule has 0 aliphatic carbocycles. The summed E-state index contributed by atoms with van der Waals surface area (Å²) in [5.41, 5.74) is 5.22. The van der Waals surface area contributed by atoms with E-state index in [1.807, 2.05) is 36.4 Å². The number of carbonyl (C=O) groups is 1. The van der Waals surface area contributed by atoms with Crippen LogP contribution in [0.5, 0.6) is 0 Å². The normalized spacial score (nSPS) is 14.5. The first-order chi connectivity index (χ1) is 16.1. The number of hydrogen-bond donors (Lipinski definition) is 1. The highest BCUT2D eigenvalue weighted by atomic mass is 16.3. The lowest BCUT2D eigenvalue weighted by Gasteiger charge is -2.32. The van der Waals surface area contributed by atoms with Crippen LogP contribution in [0.1, 0.15) is 41.6 Å². The number of nitrogens with zero attached hydrogens (tertiary/aromatic N) is 2. The number of anilines is 2. The quantitative estimate of drug-likeness (QED) is 0.394. The molecule has 0 unspecified atom stereocenters. The first kappa shape index (κ1) is 21.3. The summed E-state index contributed by atoms with van der Waals surface area (Å²) in [6.45, 7) is 4.51. The van der Waals surface area contributed by atoms with E-state index in [1.165, 1.54) is 24.1 Å². The molecule has 4 aromatic rings. The molecule has 5 heteroatoms. The van der Waals surface area contributed by atoms with Gasteiger partial charge in [-0.05, 0) is 73.2 Å². The van der Waals surface area contributed by atoms with Crippen molar-refractivity contribution in [3.05, 3.63) is 89.8 Å². The number of nitrogens with one attached hydrogen (secondary N) is 1. The van der Waals surface area contributed by atoms with Gasteiger partial charge in [-0.15, -0.1) is 0 Å². The molecule has 5 rings (SSSR count). The molecule has 3 aromatic carbocycles. The van der Waals surface area contributed by atoms with Crippen LogP contribution in [0, 0.1) is 5.92 Å². The second-order valence-corrected chi connectivity index (χ2v) is 8.95. The fraction of sp³-hybridized carbons (Fsp3) is 0.286. The summed E-state index contributed by atoms with van der Waals surface area (Å²) in [6, 6.07) is 23.8. The zero-order valence-corrected chi connectivity index (χ0v) is 19.0. The number of piperidine rings is 1. The first-order valence-corrected chi connectivity index (χ1v) is 11.7. The Bertz CT molecular complexity index is 1220. The summed E-state index contributed by atoms with van der Waals surface area (Å²) in [5.74, 6) is 1.34. The maximum absolute atomic E-state index is 12.8. The maximum atomic E-state index is 12.8. The molecule has 0 bridgehead atoms. The highest BCUT2D eigenvalue weighted by Crippen LogP contribution is 2.25. The Balaban J connectivity index is 1.22. The standard InChI is InChI=1S/C28H29N3O2/c1-20-15-17-31(18-16-20)24-11-9-23(10-12-24)29-28(32)22-8-13-25-26(19-22)33-27(30-25)14-7-21-5-3-2-4-6-21/h2-6,8-13,19-20H,7,14-18H2,1H3,(H,29,32). The molecule has 0 spiro atoms. The van der Waals surface area contributed by atoms with Gasteiger partial charge in [0.25, 0.3) is 5.91 Å². The van der Waals surface area contributed by atoms with E-state index in [2.05, 4.69) is 46.4 Å². The fourth-order valence-electron chi connectivity index (χ4n) is 4.34. The third kappa shape index (κ3) is 5.08. The molecule has 1 amide bonds. The number of aromatic nitrogens is 1. The van der Waals surface area contributed by atoms with E-state index in [0.29, 0.717) is 17.0 Å². The molecule has 1 N–H and O–H groups in total. The lowest BCUT2D eigenvalue weighted by Crippen LogP contribution is -2.32. The average Bonchev–Trinajstić information content (AvgIpc) is 3.27. The zero-order chi connectivity index (χ0) is 22.6. The monoisotopic (exact) mass is 439 g/mol. The Labute approximate surface area is 194 Å². The van der Waals surface area contributed by atoms with Crippen molar-refractivity contribution >= 4 is 28.4 Å². The minimum absolute atomic E-state index is 0.154. The van der Waals surface area contributed by atoms with Gasteiger partial charge in [0.05, 0.1) is 0 Å². The van der Waals surface area contributed by atoms with Gasteiger partial charge in [-0.2, -0.15) is 0 Å². The Morgan fingerprint density at radius 2 is 1.76 bits per heavy atom. The van der Waals surface area contributed by atoms with Crippen molar-refractivity contribution < 1.29 is 9.21 Å². The summed E-state index contributed by atoms with van der Waals surface area (Å²) in [5, 5.41) is 2.99. The minimum Gasteiger partial charge on any atom is -0.441 e. The predicted molar refractivity (Wildman–Crippen MR) is 133 cm³/mol. The third-order valence-electron chi connectivity index (χ3n) is 6.44. The van der Waals surface area contributed by atoms with Crippen LogP contribution in [0.25, 0.3) is 11.1 Å². The lowest BCUT2D eigenvalue weighted by atomic mass is 9.99. The van der Waals surface area contributed by atoms with Gasteiger partial charge in [-0.1, -0.05) is 37.3 Å². The van der Waals surface area contributed by atoms with Crippen molar-refractivity contribution in [2.45, 2.75) is 32.6 Å². The van der Waals surface area contributed by atoms with Crippen LogP contribution < -0.4 is 10.2 Å². The Morgan fingerprint density at radius 3 is 2.52 bits per heavy atom. The van der Waals surface area contributed by atoms with Crippen LogP contribution in [0.3, 0.4) is 0 Å². The molecule has 2 heterocycles. The van der Waals surface area contributed by atoms with Crippen LogP contribution >= 0.6 is 0 Å². The van der Waals surface area contributed by atoms with Crippen molar-refractivity contribution in [3.8, 4) is 0 Å². The van der Waals surface area contributed by atoms with Gasteiger partial charge in [0.2, 0.25) is 0 Å². The molecule has 1 aliphatic heterocycles. The van der Waals surface area contributed by atoms with Crippen LogP contribution in [-0.2, 0) is 12.8 Å². The fourth-order valence-corrected chi connectivity index (χ4v) is 4.34. The Hall–Kier alpha value is -3.60. The number of aryl methyl sites for hydroxylation is 2. The number of amides is 1. The third-order valence-corrected chi connectivity index (χ3v) is 6.44. The SMILES string of the molecule is CC1CCN(c2ccc(NC(=O)c3ccc4nc(CCc5ccccc5)oc4c3)cc2)CC1. The van der Waals surface area contributed by atoms with Crippen molar-refractivity contribution in [1.82, 2.24) is 4.98 Å². The van der Waals surface area contributed by atoms with Crippen LogP contribution in [0.15, 0.2) is 77.2 Å². The number of oxazole rings is 1. The van der Waals surface area contributed by atoms with Gasteiger partial charge in [-0.25, -0.2) is 4.98 Å². The number of rotatable bonds is 6. The van der Waals surface area contributed by atoms with E-state index >= 15 is 0 Å². The lowest BCUT2D eigenvalue weighted by molar-refractivity contribution is 0.102. The smallest absolute Gasteiger partial charge is 0.255 e. The molecule has 168 valence electrons. The molecular formula is C28H29N3O2. The van der Waals surface area contributed by atoms with Crippen molar-refractivity contribution in [3.63, 3.8) is 0 Å². The van der Waals surface area contributed by atoms with Gasteiger partial charge in [0, 0.05) is 36.4 Å². The molecule has 0 atom stereocenters. The van der Waals surface area contributed by atoms with Crippen LogP contribution in [0.4, 0.5) is 11.4 Å². The summed E-state index contributed by atoms with van der Waals surface area (Å²) in [7, 11) is 0. The topological polar surface area (TPSA) is 58.4 Å². The first-order valence-electron chi connectivity index (χ1n) is 11.7. The highest BCUT2D eigenvalue weighted by molar-refractivity contribution is 6.05. The summed E-state index contributed by atoms with van der Waals surface area (Å²) in [4.78, 5) is 19.8. The Morgan fingerprint density at radius 1 is 1.00 bits per heavy atom. The number of fused-ring (bicyclic) bond motifs is 1. The molecule has 1 saturated heterocycles. The zero-order valence-electron chi connectivity index (χ0n) is 19.0. The molecule has 1 fully saturated rings. The van der Waals surface area contributed by atoms with Crippen LogP contribution in [-0.4, -0.2) is 24.0 Å². The molecule has 1 aliphatic rings. The van der Waals surface area contributed by atoms with E-state index in [-0.39, 0.29) is 5.91 Å². The second kappa shape index (κ2) is 9.49. The number of benzene rings is 3. The van der Waals surface area contributed by atoms with Gasteiger partial charge in [-0.3, -0.25) is 4.79 Å². The Kier molecular flexibility index (Phi) is 6.11. The van der Waals surface area contributed by atoms with E-state index in [9.17, 15) is 4.79 Å². The van der Waals surface area contributed by atoms with E-state index in [4.69, 9.17) is 4.42 Å². The summed E-state index contributed by atoms with van der Waals surface area (Å²) >= 11 is 0. The summed E-state index contributed by atoms with van der Waals surface area (Å²) in [6.07, 6.45) is 4.06. The van der Waals surface area contributed by atoms with Crippen molar-refractivity contribution in [2.24, 2.45) is 5.92 Å². The molecule has 1 aromatic heterocycles. The maximum Gasteiger partial charge on any atom is 0.255 e. The molecule has 0 saturated carbocycles. The van der Waals surface area contributed by atoms with E-state index in [0.717, 1.165) is 43.1 Å². The van der Waals surface area contributed by atoms with E-state index in [1.54, 1.807) is 12.1 Å². The van der Waals surface area contributed by atoms with Gasteiger partial charge >= 0.3 is 0 Å². The summed E-state index contributed by atoms with van der Waals surface area (Å²) < 4.78 is 5.92. The highest BCUT2D eigenvalue weighted by Gasteiger charge is 2.16. The average molecular weight is 440 g/mol. The van der Waals surface area contributed by atoms with Gasteiger partial charge in [0.15, 0.2) is 11.5 Å². The second-order valence-electron chi connectivity index (χ2n) is 8.95. The number of carbonyl (C=O) groups excluding carboxylic acids is 1. The van der Waals surface area contributed by atoms with Gasteiger partial charge in [0.1, 0.15) is 5.52 Å².